The molecule has 0 saturated carbocycles. The second kappa shape index (κ2) is 7.88. The molecule has 1 atom stereocenters. The monoisotopic (exact) mass is 373 g/mol. The summed E-state index contributed by atoms with van der Waals surface area (Å²) >= 11 is 1.66. The summed E-state index contributed by atoms with van der Waals surface area (Å²) in [7, 11) is 5.31. The highest BCUT2D eigenvalue weighted by molar-refractivity contribution is 7.09. The molecule has 1 aromatic carbocycles. The number of rotatable bonds is 7. The Morgan fingerprint density at radius 2 is 2.08 bits per heavy atom. The summed E-state index contributed by atoms with van der Waals surface area (Å²) in [5.41, 5.74) is 1.71. The minimum absolute atomic E-state index is 0.213. The summed E-state index contributed by atoms with van der Waals surface area (Å²) in [6.07, 6.45) is 1.83. The maximum atomic E-state index is 5.92. The predicted molar refractivity (Wildman–Crippen MR) is 102 cm³/mol. The Morgan fingerprint density at radius 1 is 1.27 bits per heavy atom. The molecule has 26 heavy (non-hydrogen) atoms. The van der Waals surface area contributed by atoms with E-state index in [1.54, 1.807) is 25.6 Å². The van der Waals surface area contributed by atoms with Crippen molar-refractivity contribution in [2.24, 2.45) is 0 Å². The van der Waals surface area contributed by atoms with Crippen LogP contribution in [-0.4, -0.2) is 36.1 Å². The number of aromatic nitrogens is 2. The lowest BCUT2D eigenvalue weighted by Gasteiger charge is -2.21. The lowest BCUT2D eigenvalue weighted by atomic mass is 10.2. The average Bonchev–Trinajstić information content (AvgIpc) is 3.31. The van der Waals surface area contributed by atoms with Gasteiger partial charge < -0.3 is 13.9 Å². The fourth-order valence-electron chi connectivity index (χ4n) is 2.67. The van der Waals surface area contributed by atoms with Gasteiger partial charge in [0.25, 0.3) is 0 Å². The Labute approximate surface area is 157 Å². The molecule has 7 heteroatoms. The molecule has 0 radical (unpaired) electrons. The number of benzene rings is 1. The molecule has 0 N–H and O–H groups in total. The first-order chi connectivity index (χ1) is 12.5. The van der Waals surface area contributed by atoms with Gasteiger partial charge in [-0.25, -0.2) is 9.97 Å². The Balaban J connectivity index is 1.83. The smallest absolute Gasteiger partial charge is 0.230 e. The van der Waals surface area contributed by atoms with Crippen LogP contribution in [0.4, 0.5) is 0 Å². The van der Waals surface area contributed by atoms with Gasteiger partial charge in [-0.15, -0.1) is 11.3 Å². The van der Waals surface area contributed by atoms with Crippen molar-refractivity contribution < 1.29 is 13.9 Å². The minimum atomic E-state index is 0.213. The summed E-state index contributed by atoms with van der Waals surface area (Å²) < 4.78 is 16.6. The molecule has 0 spiro atoms. The van der Waals surface area contributed by atoms with Crippen molar-refractivity contribution in [2.45, 2.75) is 26.4 Å². The highest BCUT2D eigenvalue weighted by atomic mass is 32.1. The molecule has 0 unspecified atom stereocenters. The van der Waals surface area contributed by atoms with E-state index in [-0.39, 0.29) is 6.04 Å². The predicted octanol–water partition coefficient (Wildman–Crippen LogP) is 4.32. The SMILES string of the molecule is COc1ccc(-c2nc(CN(C)[C@@H](C)c3nccs3)c(C)o2)c(OC)c1. The van der Waals surface area contributed by atoms with E-state index < -0.39 is 0 Å². The van der Waals surface area contributed by atoms with Crippen LogP contribution in [0.25, 0.3) is 11.5 Å². The van der Waals surface area contributed by atoms with E-state index in [2.05, 4.69) is 23.9 Å². The first kappa shape index (κ1) is 18.4. The van der Waals surface area contributed by atoms with Crippen LogP contribution in [0.3, 0.4) is 0 Å². The lowest BCUT2D eigenvalue weighted by molar-refractivity contribution is 0.248. The molecule has 138 valence electrons. The highest BCUT2D eigenvalue weighted by Crippen LogP contribution is 2.34. The van der Waals surface area contributed by atoms with Crippen molar-refractivity contribution in [1.82, 2.24) is 14.9 Å². The zero-order valence-corrected chi connectivity index (χ0v) is 16.5. The van der Waals surface area contributed by atoms with Crippen LogP contribution in [0.1, 0.15) is 29.4 Å². The molecular formula is C19H23N3O3S. The maximum Gasteiger partial charge on any atom is 0.230 e. The van der Waals surface area contributed by atoms with Crippen molar-refractivity contribution in [2.75, 3.05) is 21.3 Å². The van der Waals surface area contributed by atoms with Crippen molar-refractivity contribution in [3.8, 4) is 23.0 Å². The molecular weight excluding hydrogens is 350 g/mol. The second-order valence-corrected chi connectivity index (χ2v) is 6.98. The Kier molecular flexibility index (Phi) is 5.58. The van der Waals surface area contributed by atoms with Crippen LogP contribution in [0.15, 0.2) is 34.2 Å². The van der Waals surface area contributed by atoms with E-state index >= 15 is 0 Å². The fourth-order valence-corrected chi connectivity index (χ4v) is 3.43. The Hall–Kier alpha value is -2.38. The highest BCUT2D eigenvalue weighted by Gasteiger charge is 2.20. The summed E-state index contributed by atoms with van der Waals surface area (Å²) in [6.45, 7) is 4.75. The summed E-state index contributed by atoms with van der Waals surface area (Å²) in [5.74, 6) is 2.75. The molecule has 0 aliphatic rings. The largest absolute Gasteiger partial charge is 0.497 e. The first-order valence-electron chi connectivity index (χ1n) is 8.31. The fraction of sp³-hybridized carbons (Fsp3) is 0.368. The van der Waals surface area contributed by atoms with Gasteiger partial charge in [0.15, 0.2) is 0 Å². The number of oxazole rings is 1. The molecule has 0 amide bonds. The summed E-state index contributed by atoms with van der Waals surface area (Å²) in [4.78, 5) is 11.3. The average molecular weight is 373 g/mol. The van der Waals surface area contributed by atoms with E-state index in [0.29, 0.717) is 18.2 Å². The number of nitrogens with zero attached hydrogens (tertiary/aromatic N) is 3. The molecule has 0 saturated heterocycles. The zero-order chi connectivity index (χ0) is 18.7. The molecule has 2 heterocycles. The molecule has 0 bridgehead atoms. The Bertz CT molecular complexity index is 861. The number of ether oxygens (including phenoxy) is 2. The summed E-state index contributed by atoms with van der Waals surface area (Å²) in [5, 5.41) is 3.08. The van der Waals surface area contributed by atoms with Gasteiger partial charge in [0, 0.05) is 24.2 Å². The van der Waals surface area contributed by atoms with Crippen LogP contribution in [-0.2, 0) is 6.54 Å². The third kappa shape index (κ3) is 3.73. The van der Waals surface area contributed by atoms with E-state index in [9.17, 15) is 0 Å². The van der Waals surface area contributed by atoms with Gasteiger partial charge in [0.1, 0.15) is 22.3 Å². The molecule has 3 rings (SSSR count). The number of hydrogen-bond acceptors (Lipinski definition) is 7. The third-order valence-electron chi connectivity index (χ3n) is 4.40. The van der Waals surface area contributed by atoms with Crippen LogP contribution in [0, 0.1) is 6.92 Å². The van der Waals surface area contributed by atoms with Gasteiger partial charge in [-0.1, -0.05) is 0 Å². The van der Waals surface area contributed by atoms with Gasteiger partial charge in [-0.05, 0) is 33.0 Å². The molecule has 0 aliphatic heterocycles. The van der Waals surface area contributed by atoms with Crippen LogP contribution < -0.4 is 9.47 Å². The van der Waals surface area contributed by atoms with Gasteiger partial charge in [-0.3, -0.25) is 4.90 Å². The molecule has 6 nitrogen and oxygen atoms in total. The number of methoxy groups -OCH3 is 2. The molecule has 2 aromatic heterocycles. The van der Waals surface area contributed by atoms with Crippen LogP contribution in [0.5, 0.6) is 11.5 Å². The molecule has 0 aliphatic carbocycles. The number of hydrogen-bond donors (Lipinski definition) is 0. The van der Waals surface area contributed by atoms with Crippen LogP contribution in [0.2, 0.25) is 0 Å². The topological polar surface area (TPSA) is 60.6 Å². The maximum absolute atomic E-state index is 5.92. The van der Waals surface area contributed by atoms with Crippen LogP contribution >= 0.6 is 11.3 Å². The second-order valence-electron chi connectivity index (χ2n) is 6.05. The minimum Gasteiger partial charge on any atom is -0.497 e. The van der Waals surface area contributed by atoms with Gasteiger partial charge >= 0.3 is 0 Å². The Morgan fingerprint density at radius 3 is 2.73 bits per heavy atom. The van der Waals surface area contributed by atoms with Crippen molar-refractivity contribution in [3.63, 3.8) is 0 Å². The molecule has 0 fully saturated rings. The molecule has 3 aromatic rings. The van der Waals surface area contributed by atoms with Gasteiger partial charge in [0.05, 0.1) is 31.5 Å². The van der Waals surface area contributed by atoms with Crippen molar-refractivity contribution >= 4 is 11.3 Å². The third-order valence-corrected chi connectivity index (χ3v) is 5.35. The standard InChI is InChI=1S/C19H23N3O3S/c1-12(19-20-8-9-26-19)22(3)11-16-13(2)25-18(21-16)15-7-6-14(23-4)10-17(15)24-5/h6-10,12H,11H2,1-5H3/t12-/m0/s1. The summed E-state index contributed by atoms with van der Waals surface area (Å²) in [6, 6.07) is 5.80. The number of aryl methyl sites for hydroxylation is 1. The van der Waals surface area contributed by atoms with E-state index in [4.69, 9.17) is 18.9 Å². The number of thiazole rings is 1. The zero-order valence-electron chi connectivity index (χ0n) is 15.6. The van der Waals surface area contributed by atoms with Gasteiger partial charge in [-0.2, -0.15) is 0 Å². The normalized spacial score (nSPS) is 12.4. The van der Waals surface area contributed by atoms with E-state index in [1.165, 1.54) is 0 Å². The van der Waals surface area contributed by atoms with Crippen molar-refractivity contribution in [3.05, 3.63) is 46.2 Å². The van der Waals surface area contributed by atoms with E-state index in [1.807, 2.05) is 36.7 Å². The lowest BCUT2D eigenvalue weighted by Crippen LogP contribution is -2.22. The quantitative estimate of drug-likeness (QED) is 0.615. The van der Waals surface area contributed by atoms with Gasteiger partial charge in [0.2, 0.25) is 5.89 Å². The van der Waals surface area contributed by atoms with Crippen molar-refractivity contribution in [1.29, 1.82) is 0 Å². The first-order valence-corrected chi connectivity index (χ1v) is 9.19. The van der Waals surface area contributed by atoms with E-state index in [0.717, 1.165) is 27.8 Å².